The molecule has 1 aliphatic carbocycles. The van der Waals surface area contributed by atoms with E-state index in [1.807, 2.05) is 0 Å². The van der Waals surface area contributed by atoms with Crippen LogP contribution in [0.25, 0.3) is 5.69 Å². The van der Waals surface area contributed by atoms with Crippen LogP contribution in [0.5, 0.6) is 0 Å². The Labute approximate surface area is 284 Å². The van der Waals surface area contributed by atoms with Gasteiger partial charge in [-0.1, -0.05) is 30.3 Å². The predicted molar refractivity (Wildman–Crippen MR) is 174 cm³/mol. The summed E-state index contributed by atoms with van der Waals surface area (Å²) in [7, 11) is 0. The first kappa shape index (κ1) is 35.9. The summed E-state index contributed by atoms with van der Waals surface area (Å²) >= 11 is 0. The number of nitrogens with two attached hydrogens (primary N) is 1. The number of carbonyl (C=O) groups is 3. The number of hydrogen-bond donors (Lipinski definition) is 4. The number of aromatic nitrogens is 2. The van der Waals surface area contributed by atoms with Crippen LogP contribution in [0.1, 0.15) is 82.9 Å². The Morgan fingerprint density at radius 2 is 1.76 bits per heavy atom. The highest BCUT2D eigenvalue weighted by Gasteiger charge is 2.36. The first-order valence-corrected chi connectivity index (χ1v) is 15.6. The lowest BCUT2D eigenvalue weighted by molar-refractivity contribution is -0.141. The van der Waals surface area contributed by atoms with Gasteiger partial charge in [-0.2, -0.15) is 18.3 Å². The molecule has 3 aromatic carbocycles. The van der Waals surface area contributed by atoms with E-state index in [1.165, 1.54) is 42.5 Å². The van der Waals surface area contributed by atoms with Crippen molar-refractivity contribution in [2.75, 3.05) is 17.7 Å². The quantitative estimate of drug-likeness (QED) is 0.0734. The fraction of sp³-hybridized carbons (Fsp3) is 0.314. The van der Waals surface area contributed by atoms with E-state index in [4.69, 9.17) is 20.3 Å². The Hall–Kier alpha value is -5.44. The molecule has 1 fully saturated rings. The molecular weight excluding hydrogens is 662 g/mol. The fourth-order valence-corrected chi connectivity index (χ4v) is 5.10. The van der Waals surface area contributed by atoms with Crippen LogP contribution in [-0.2, 0) is 22.2 Å². The van der Waals surface area contributed by atoms with Gasteiger partial charge in [-0.05, 0) is 81.0 Å². The van der Waals surface area contributed by atoms with Gasteiger partial charge in [-0.3, -0.25) is 4.79 Å². The van der Waals surface area contributed by atoms with Crippen molar-refractivity contribution >= 4 is 29.3 Å². The van der Waals surface area contributed by atoms with E-state index in [2.05, 4.69) is 15.7 Å². The van der Waals surface area contributed by atoms with Gasteiger partial charge in [-0.25, -0.2) is 18.7 Å². The minimum absolute atomic E-state index is 0.0226. The Morgan fingerprint density at radius 1 is 1.04 bits per heavy atom. The zero-order valence-electron chi connectivity index (χ0n) is 27.3. The average Bonchev–Trinajstić information content (AvgIpc) is 3.74. The Bertz CT molecular complexity index is 1920. The van der Waals surface area contributed by atoms with Crippen molar-refractivity contribution in [3.63, 3.8) is 0 Å². The molecule has 1 unspecified atom stereocenters. The number of nitrogens with one attached hydrogen (secondary N) is 2. The van der Waals surface area contributed by atoms with Gasteiger partial charge in [0.05, 0.1) is 23.5 Å². The third-order valence-corrected chi connectivity index (χ3v) is 7.58. The molecule has 5 N–H and O–H groups in total. The second-order valence-corrected chi connectivity index (χ2v) is 12.8. The van der Waals surface area contributed by atoms with Crippen LogP contribution in [0, 0.1) is 11.7 Å². The summed E-state index contributed by atoms with van der Waals surface area (Å²) in [5.41, 5.74) is 4.33. The lowest BCUT2D eigenvalue weighted by Crippen LogP contribution is -2.26. The summed E-state index contributed by atoms with van der Waals surface area (Å²) in [5, 5.41) is 17.0. The first-order valence-electron chi connectivity index (χ1n) is 15.6. The number of esters is 1. The van der Waals surface area contributed by atoms with Crippen LogP contribution >= 0.6 is 0 Å². The predicted octanol–water partition coefficient (Wildman–Crippen LogP) is 7.10. The summed E-state index contributed by atoms with van der Waals surface area (Å²) in [6.07, 6.45) is -5.32. The van der Waals surface area contributed by atoms with Gasteiger partial charge in [0.25, 0.3) is 5.91 Å². The number of alkyl halides is 3. The first-order chi connectivity index (χ1) is 23.5. The molecule has 11 nitrogen and oxygen atoms in total. The van der Waals surface area contributed by atoms with E-state index in [0.29, 0.717) is 29.4 Å². The molecule has 4 aromatic rings. The van der Waals surface area contributed by atoms with E-state index < -0.39 is 53.1 Å². The number of benzene rings is 3. The van der Waals surface area contributed by atoms with Gasteiger partial charge in [0, 0.05) is 23.9 Å². The average molecular weight is 698 g/mol. The molecule has 264 valence electrons. The maximum atomic E-state index is 15.3. The van der Waals surface area contributed by atoms with Gasteiger partial charge in [0.15, 0.2) is 5.69 Å². The highest BCUT2D eigenvalue weighted by atomic mass is 19.4. The van der Waals surface area contributed by atoms with E-state index in [0.717, 1.165) is 23.6 Å². The highest BCUT2D eigenvalue weighted by Crippen LogP contribution is 2.38. The van der Waals surface area contributed by atoms with E-state index in [1.54, 1.807) is 32.9 Å². The summed E-state index contributed by atoms with van der Waals surface area (Å²) in [4.78, 5) is 37.9. The number of carbonyl (C=O) groups excluding carboxylic acids is 2. The van der Waals surface area contributed by atoms with Gasteiger partial charge in [-0.15, -0.1) is 0 Å². The smallest absolute Gasteiger partial charge is 0.435 e. The molecule has 1 atom stereocenters. The number of ether oxygens (including phenoxy) is 2. The minimum Gasteiger partial charge on any atom is -0.465 e. The Morgan fingerprint density at radius 3 is 2.42 bits per heavy atom. The number of nitrogen functional groups attached to an aromatic ring is 1. The molecule has 2 amide bonds. The SMILES string of the molecule is CC(C)(C)OC(=O)c1c(N)cccc1C(OCC1CC1)c1ccc(F)c(NC(=O)c2cc(C(F)(F)F)nn2-c2cccc(CNC(=O)O)c2)c1. The topological polar surface area (TPSA) is 158 Å². The van der Waals surface area contributed by atoms with Crippen LogP contribution in [0.3, 0.4) is 0 Å². The van der Waals surface area contributed by atoms with E-state index in [-0.39, 0.29) is 35.1 Å². The largest absolute Gasteiger partial charge is 0.465 e. The van der Waals surface area contributed by atoms with Crippen LogP contribution in [-0.4, -0.2) is 45.1 Å². The van der Waals surface area contributed by atoms with E-state index >= 15 is 4.39 Å². The summed E-state index contributed by atoms with van der Waals surface area (Å²) in [6.45, 7) is 5.26. The number of rotatable bonds is 11. The number of anilines is 2. The van der Waals surface area contributed by atoms with Crippen molar-refractivity contribution in [3.05, 3.63) is 106 Å². The van der Waals surface area contributed by atoms with Crippen LogP contribution in [0.2, 0.25) is 0 Å². The lowest BCUT2D eigenvalue weighted by Gasteiger charge is -2.25. The molecule has 50 heavy (non-hydrogen) atoms. The second kappa shape index (κ2) is 14.2. The standard InChI is InChI=1S/C35H35F4N5O6/c1-34(2,3)50-32(46)29-23(8-5-9-25(29)40)30(49-18-19-10-11-19)21-12-13-24(36)26(15-21)42-31(45)27-16-28(35(37,38)39)43-44(27)22-7-4-6-20(14-22)17-41-33(47)48/h4-9,12-16,19,30,41H,10-11,17-18,40H2,1-3H3,(H,42,45)(H,47,48). The molecule has 15 heteroatoms. The molecule has 1 aromatic heterocycles. The lowest BCUT2D eigenvalue weighted by atomic mass is 9.94. The molecule has 0 radical (unpaired) electrons. The molecular formula is C35H35F4N5O6. The maximum absolute atomic E-state index is 15.3. The molecule has 1 saturated carbocycles. The molecule has 5 rings (SSSR count). The third-order valence-electron chi connectivity index (χ3n) is 7.58. The Balaban J connectivity index is 1.52. The van der Waals surface area contributed by atoms with Crippen LogP contribution in [0.15, 0.2) is 66.7 Å². The summed E-state index contributed by atoms with van der Waals surface area (Å²) < 4.78 is 69.3. The number of hydrogen-bond acceptors (Lipinski definition) is 7. The molecule has 0 aliphatic heterocycles. The van der Waals surface area contributed by atoms with Gasteiger partial charge in [0.2, 0.25) is 0 Å². The van der Waals surface area contributed by atoms with Gasteiger partial charge < -0.3 is 30.9 Å². The van der Waals surface area contributed by atoms with Gasteiger partial charge in [0.1, 0.15) is 23.2 Å². The fourth-order valence-electron chi connectivity index (χ4n) is 5.10. The van der Waals surface area contributed by atoms with Crippen molar-refractivity contribution in [2.24, 2.45) is 5.92 Å². The second-order valence-electron chi connectivity index (χ2n) is 12.8. The molecule has 0 saturated heterocycles. The molecule has 0 bridgehead atoms. The number of amides is 2. The van der Waals surface area contributed by atoms with E-state index in [9.17, 15) is 27.6 Å². The molecule has 1 aliphatic rings. The van der Waals surface area contributed by atoms with Crippen molar-refractivity contribution in [2.45, 2.75) is 58.0 Å². The van der Waals surface area contributed by atoms with Crippen molar-refractivity contribution in [1.82, 2.24) is 15.1 Å². The van der Waals surface area contributed by atoms with Crippen LogP contribution in [0.4, 0.5) is 33.7 Å². The zero-order valence-corrected chi connectivity index (χ0v) is 27.3. The maximum Gasteiger partial charge on any atom is 0.435 e. The highest BCUT2D eigenvalue weighted by molar-refractivity contribution is 6.03. The van der Waals surface area contributed by atoms with Crippen molar-refractivity contribution in [3.8, 4) is 5.69 Å². The van der Waals surface area contributed by atoms with Crippen molar-refractivity contribution in [1.29, 1.82) is 0 Å². The molecule has 1 heterocycles. The monoisotopic (exact) mass is 697 g/mol. The number of nitrogens with zero attached hydrogens (tertiary/aromatic N) is 2. The number of halogens is 4. The summed E-state index contributed by atoms with van der Waals surface area (Å²) in [5.74, 6) is -2.43. The molecule has 0 spiro atoms. The Kier molecular flexibility index (Phi) is 10.2. The van der Waals surface area contributed by atoms with Gasteiger partial charge >= 0.3 is 18.2 Å². The van der Waals surface area contributed by atoms with Crippen molar-refractivity contribution < 1.29 is 46.5 Å². The van der Waals surface area contributed by atoms with Crippen LogP contribution < -0.4 is 16.4 Å². The minimum atomic E-state index is -4.93. The third kappa shape index (κ3) is 8.77. The summed E-state index contributed by atoms with van der Waals surface area (Å²) in [6, 6.07) is 14.8. The normalized spacial score (nSPS) is 13.8. The number of carboxylic acid groups (broad SMARTS) is 1. The zero-order chi connectivity index (χ0) is 36.4.